The molecule has 36 heavy (non-hydrogen) atoms. The van der Waals surface area contributed by atoms with Crippen LogP contribution >= 0.6 is 11.6 Å². The fraction of sp³-hybridized carbons (Fsp3) is 0.360. The van der Waals surface area contributed by atoms with E-state index in [-0.39, 0.29) is 6.61 Å². The van der Waals surface area contributed by atoms with Gasteiger partial charge >= 0.3 is 12.2 Å². The third kappa shape index (κ3) is 6.85. The number of hydrogen-bond acceptors (Lipinski definition) is 7. The Kier molecular flexibility index (Phi) is 7.95. The van der Waals surface area contributed by atoms with Gasteiger partial charge in [0.05, 0.1) is 0 Å². The number of amides is 2. The Morgan fingerprint density at radius 3 is 2.56 bits per heavy atom. The number of rotatable bonds is 5. The molecule has 1 aliphatic rings. The Hall–Kier alpha value is -3.37. The van der Waals surface area contributed by atoms with E-state index in [1.807, 2.05) is 51.1 Å². The van der Waals surface area contributed by atoms with Gasteiger partial charge in [0, 0.05) is 16.8 Å². The highest BCUT2D eigenvalue weighted by Gasteiger charge is 2.39. The molecule has 2 amide bonds. The number of benzene rings is 2. The van der Waals surface area contributed by atoms with Crippen LogP contribution in [0.5, 0.6) is 0 Å². The number of nitrogens with zero attached hydrogens (tertiary/aromatic N) is 3. The molecule has 1 saturated heterocycles. The Morgan fingerprint density at radius 1 is 1.14 bits per heavy atom. The molecule has 0 bridgehead atoms. The molecule has 2 aromatic carbocycles. The first kappa shape index (κ1) is 25.7. The lowest BCUT2D eigenvalue weighted by molar-refractivity contribution is 0.0150. The van der Waals surface area contributed by atoms with Gasteiger partial charge < -0.3 is 18.9 Å². The van der Waals surface area contributed by atoms with Gasteiger partial charge in [-0.15, -0.1) is 10.2 Å². The van der Waals surface area contributed by atoms with Gasteiger partial charge in [0.2, 0.25) is 11.8 Å². The smallest absolute Gasteiger partial charge is 0.410 e. The summed E-state index contributed by atoms with van der Waals surface area (Å²) in [6.07, 6.45) is -0.0768. The Labute approximate surface area is 216 Å². The second kappa shape index (κ2) is 11.1. The van der Waals surface area contributed by atoms with Gasteiger partial charge in [0.15, 0.2) is 8.96 Å². The maximum absolute atomic E-state index is 13.1. The van der Waals surface area contributed by atoms with Crippen molar-refractivity contribution in [2.24, 2.45) is 0 Å². The number of ether oxygens (including phenoxy) is 2. The predicted molar refractivity (Wildman–Crippen MR) is 137 cm³/mol. The monoisotopic (exact) mass is 528 g/mol. The van der Waals surface area contributed by atoms with Gasteiger partial charge in [-0.05, 0) is 63.1 Å². The minimum absolute atomic E-state index is 0.182. The number of hydrogen-bond donors (Lipinski definition) is 1. The van der Waals surface area contributed by atoms with E-state index in [9.17, 15) is 9.59 Å². The molecule has 0 saturated carbocycles. The van der Waals surface area contributed by atoms with Crippen molar-refractivity contribution in [1.82, 2.24) is 20.1 Å². The summed E-state index contributed by atoms with van der Waals surface area (Å²) in [4.78, 5) is 30.2. The van der Waals surface area contributed by atoms with E-state index in [1.165, 1.54) is 0 Å². The molecule has 11 heteroatoms. The van der Waals surface area contributed by atoms with Gasteiger partial charge in [-0.25, -0.2) is 9.59 Å². The van der Waals surface area contributed by atoms with Crippen LogP contribution in [0, 0.1) is 0 Å². The molecule has 2 atom stereocenters. The van der Waals surface area contributed by atoms with Crippen molar-refractivity contribution < 1.29 is 23.5 Å². The first-order valence-corrected chi connectivity index (χ1v) is 14.3. The largest absolute Gasteiger partial charge is 0.445 e. The molecule has 1 fully saturated rings. The molecule has 2 heterocycles. The molecule has 0 spiro atoms. The van der Waals surface area contributed by atoms with Crippen molar-refractivity contribution >= 4 is 32.7 Å². The van der Waals surface area contributed by atoms with Crippen molar-refractivity contribution in [2.75, 3.05) is 6.17 Å². The van der Waals surface area contributed by atoms with Gasteiger partial charge in [0.1, 0.15) is 18.2 Å². The van der Waals surface area contributed by atoms with Gasteiger partial charge in [-0.3, -0.25) is 4.90 Å². The Balaban J connectivity index is 1.45. The molecule has 1 aromatic heterocycles. The maximum atomic E-state index is 13.1. The first-order valence-electron chi connectivity index (χ1n) is 11.7. The second-order valence-electron chi connectivity index (χ2n) is 9.58. The van der Waals surface area contributed by atoms with Crippen molar-refractivity contribution in [3.63, 3.8) is 0 Å². The Bertz CT molecular complexity index is 1180. The number of carbonyl (C=O) groups excluding carboxylic acids is 2. The van der Waals surface area contributed by atoms with Crippen molar-refractivity contribution in [3.8, 4) is 11.5 Å². The summed E-state index contributed by atoms with van der Waals surface area (Å²) in [5.74, 6) is 0.665. The molecule has 1 N–H and O–H groups in total. The summed E-state index contributed by atoms with van der Waals surface area (Å²) in [7, 11) is -1.92. The predicted octanol–water partition coefficient (Wildman–Crippen LogP) is 5.26. The Morgan fingerprint density at radius 2 is 1.86 bits per heavy atom. The molecule has 0 unspecified atom stereocenters. The van der Waals surface area contributed by atoms with Crippen LogP contribution in [0.2, 0.25) is 11.1 Å². The van der Waals surface area contributed by atoms with Crippen LogP contribution in [-0.2, 0) is 16.1 Å². The highest BCUT2D eigenvalue weighted by atomic mass is 35.5. The summed E-state index contributed by atoms with van der Waals surface area (Å²) in [5.41, 5.74) is 0.954. The van der Waals surface area contributed by atoms with Gasteiger partial charge in [-0.1, -0.05) is 41.9 Å². The van der Waals surface area contributed by atoms with Crippen LogP contribution in [-0.4, -0.2) is 48.0 Å². The number of nitrogens with one attached hydrogen (secondary N) is 1. The zero-order valence-corrected chi connectivity index (χ0v) is 22.4. The van der Waals surface area contributed by atoms with Crippen LogP contribution in [0.3, 0.4) is 0 Å². The van der Waals surface area contributed by atoms with E-state index in [4.69, 9.17) is 25.5 Å². The molecular formula is C25H29ClN4O5Si. The lowest BCUT2D eigenvalue weighted by Gasteiger charge is -2.37. The molecule has 4 rings (SSSR count). The van der Waals surface area contributed by atoms with E-state index >= 15 is 0 Å². The fourth-order valence-electron chi connectivity index (χ4n) is 3.88. The van der Waals surface area contributed by atoms with E-state index in [0.717, 1.165) is 17.2 Å². The third-order valence-electron chi connectivity index (χ3n) is 5.56. The lowest BCUT2D eigenvalue weighted by Crippen LogP contribution is -2.54. The van der Waals surface area contributed by atoms with Crippen molar-refractivity contribution in [2.45, 2.75) is 51.5 Å². The topological polar surface area (TPSA) is 107 Å². The summed E-state index contributed by atoms with van der Waals surface area (Å²) < 4.78 is 17.0. The quantitative estimate of drug-likeness (QED) is 0.450. The van der Waals surface area contributed by atoms with E-state index < -0.39 is 32.8 Å². The van der Waals surface area contributed by atoms with Crippen LogP contribution < -0.4 is 4.98 Å². The van der Waals surface area contributed by atoms with Crippen molar-refractivity contribution in [1.29, 1.82) is 0 Å². The summed E-state index contributed by atoms with van der Waals surface area (Å²) in [6.45, 7) is 5.61. The molecule has 1 aliphatic heterocycles. The van der Waals surface area contributed by atoms with Crippen LogP contribution in [0.4, 0.5) is 9.59 Å². The zero-order valence-electron chi connectivity index (χ0n) is 20.4. The van der Waals surface area contributed by atoms with Crippen molar-refractivity contribution in [3.05, 3.63) is 71.1 Å². The average molecular weight is 529 g/mol. The molecule has 0 aliphatic carbocycles. The van der Waals surface area contributed by atoms with E-state index in [1.54, 1.807) is 29.2 Å². The first-order chi connectivity index (χ1) is 17.2. The summed E-state index contributed by atoms with van der Waals surface area (Å²) in [5, 5.41) is 8.99. The third-order valence-corrected chi connectivity index (χ3v) is 8.32. The molecule has 9 nitrogen and oxygen atoms in total. The number of halogens is 1. The molecule has 0 radical (unpaired) electrons. The number of aromatic nitrogens is 2. The minimum atomic E-state index is -1.92. The van der Waals surface area contributed by atoms with Crippen LogP contribution in [0.15, 0.2) is 59.0 Å². The highest BCUT2D eigenvalue weighted by molar-refractivity contribution is 6.59. The van der Waals surface area contributed by atoms with E-state index in [2.05, 4.69) is 15.2 Å². The summed E-state index contributed by atoms with van der Waals surface area (Å²) in [6, 6.07) is 16.8. The number of carbonyl (C=O) groups is 2. The van der Waals surface area contributed by atoms with E-state index in [0.29, 0.717) is 29.4 Å². The normalized spacial score (nSPS) is 17.9. The summed E-state index contributed by atoms with van der Waals surface area (Å²) >= 11 is 5.97. The average Bonchev–Trinajstić information content (AvgIpc) is 3.33. The van der Waals surface area contributed by atoms with Gasteiger partial charge in [-0.2, -0.15) is 0 Å². The molecular weight excluding hydrogens is 500 g/mol. The van der Waals surface area contributed by atoms with Crippen LogP contribution in [0.25, 0.3) is 11.5 Å². The fourth-order valence-corrected chi connectivity index (χ4v) is 6.43. The zero-order chi connectivity index (χ0) is 25.7. The maximum Gasteiger partial charge on any atom is 0.410 e. The highest BCUT2D eigenvalue weighted by Crippen LogP contribution is 2.33. The molecule has 190 valence electrons. The lowest BCUT2D eigenvalue weighted by atomic mass is 10.2. The van der Waals surface area contributed by atoms with Gasteiger partial charge in [0.25, 0.3) is 0 Å². The van der Waals surface area contributed by atoms with Crippen LogP contribution in [0.1, 0.15) is 44.7 Å². The SMILES string of the molecule is CC(C)(C)OC(=O)N1C[Si@@H](NC(=O)OCc2ccccc2)CC[C@@H]1c1nnc(-c2ccc(Cl)cc2)o1. The molecule has 3 aromatic rings. The minimum Gasteiger partial charge on any atom is -0.445 e. The second-order valence-corrected chi connectivity index (χ2v) is 12.6. The standard InChI is InChI=1S/C25H29ClN4O5Si/c1-25(2,3)35-24(32)30-16-36(29-23(31)33-15-17-7-5-4-6-8-17)14-13-20(30)22-28-27-21(34-22)18-9-11-19(26)12-10-18/h4-12,20,36H,13-16H2,1-3H3,(H,29,31)/t20-,36+/m1/s1.